The predicted octanol–water partition coefficient (Wildman–Crippen LogP) is 3.01. The Labute approximate surface area is 300 Å². The van der Waals surface area contributed by atoms with Gasteiger partial charge in [-0.15, -0.1) is 0 Å². The fourth-order valence-corrected chi connectivity index (χ4v) is 8.31. The molecule has 1 unspecified atom stereocenters. The van der Waals surface area contributed by atoms with Gasteiger partial charge in [0.2, 0.25) is 17.4 Å². The summed E-state index contributed by atoms with van der Waals surface area (Å²) >= 11 is 0. The van der Waals surface area contributed by atoms with E-state index in [2.05, 4.69) is 22.4 Å². The van der Waals surface area contributed by atoms with Crippen LogP contribution in [0.3, 0.4) is 0 Å². The van der Waals surface area contributed by atoms with Crippen molar-refractivity contribution in [3.8, 4) is 5.75 Å². The number of amides is 3. The van der Waals surface area contributed by atoms with Crippen LogP contribution in [0.25, 0.3) is 10.9 Å². The third-order valence-corrected chi connectivity index (χ3v) is 11.4. The number of alkyl carbamates (subject to hydrolysis) is 1. The fraction of sp³-hybridized carbons (Fsp3) is 0.528. The summed E-state index contributed by atoms with van der Waals surface area (Å²) in [4.78, 5) is 71.8. The Hall–Kier alpha value is -4.86. The molecule has 2 aliphatic heterocycles. The predicted molar refractivity (Wildman–Crippen MR) is 185 cm³/mol. The van der Waals surface area contributed by atoms with Crippen molar-refractivity contribution in [2.45, 2.75) is 105 Å². The number of carboxylic acids is 1. The van der Waals surface area contributed by atoms with Crippen molar-refractivity contribution in [3.63, 3.8) is 0 Å². The zero-order chi connectivity index (χ0) is 37.2. The van der Waals surface area contributed by atoms with Gasteiger partial charge in [-0.05, 0) is 63.5 Å². The van der Waals surface area contributed by atoms with Crippen molar-refractivity contribution in [3.05, 3.63) is 42.1 Å². The molecule has 2 saturated carbocycles. The van der Waals surface area contributed by atoms with Crippen LogP contribution in [0, 0.1) is 5.92 Å². The lowest BCUT2D eigenvalue weighted by atomic mass is 10.0. The number of rotatable bonds is 7. The van der Waals surface area contributed by atoms with Gasteiger partial charge in [0.25, 0.3) is 0 Å². The second-order valence-corrected chi connectivity index (χ2v) is 16.0. The van der Waals surface area contributed by atoms with E-state index < -0.39 is 69.1 Å². The maximum absolute atomic E-state index is 14.4. The number of ether oxygens (including phenoxy) is 2. The number of fused-ring (bicyclic) bond motifs is 3. The molecule has 278 valence electrons. The summed E-state index contributed by atoms with van der Waals surface area (Å²) in [5.41, 5.74) is -1.94. The number of hydrogen-bond donors (Lipinski definition) is 3. The SMILES string of the molecule is C=[O+]C(=O)[C@@]12CC1/C=C\CCCCC[C@H](NC(=O)OC1CCCC1)C(=O)N1C[C@H](Oc3cc(C(=O)O)nc4c(S(C)(=O)=O)cccc34)C[C@H]1C(=O)N2. The second kappa shape index (κ2) is 15.0. The quantitative estimate of drug-likeness (QED) is 0.278. The Morgan fingerprint density at radius 1 is 1.10 bits per heavy atom. The molecule has 0 bridgehead atoms. The van der Waals surface area contributed by atoms with Gasteiger partial charge in [-0.3, -0.25) is 14.0 Å². The van der Waals surface area contributed by atoms with Gasteiger partial charge in [0, 0.05) is 30.0 Å². The first-order chi connectivity index (χ1) is 24.8. The zero-order valence-electron chi connectivity index (χ0n) is 28.9. The van der Waals surface area contributed by atoms with Gasteiger partial charge >= 0.3 is 18.0 Å². The summed E-state index contributed by atoms with van der Waals surface area (Å²) in [7, 11) is -3.83. The molecule has 1 aromatic heterocycles. The van der Waals surface area contributed by atoms with Gasteiger partial charge in [-0.2, -0.15) is 0 Å². The van der Waals surface area contributed by atoms with Crippen molar-refractivity contribution in [1.82, 2.24) is 20.5 Å². The maximum atomic E-state index is 14.4. The lowest BCUT2D eigenvalue weighted by Gasteiger charge is -2.29. The smallest absolute Gasteiger partial charge is 0.488 e. The number of carbonyl (C=O) groups is 5. The molecule has 3 heterocycles. The number of para-hydroxylation sites is 1. The highest BCUT2D eigenvalue weighted by atomic mass is 32.2. The third kappa shape index (κ3) is 7.81. The number of sulfone groups is 1. The van der Waals surface area contributed by atoms with E-state index >= 15 is 0 Å². The first-order valence-electron chi connectivity index (χ1n) is 17.6. The summed E-state index contributed by atoms with van der Waals surface area (Å²) < 4.78 is 41.9. The van der Waals surface area contributed by atoms with Gasteiger partial charge in [0.05, 0.1) is 21.8 Å². The van der Waals surface area contributed by atoms with E-state index in [1.54, 1.807) is 0 Å². The molecule has 4 aliphatic rings. The van der Waals surface area contributed by atoms with Crippen LogP contribution >= 0.6 is 0 Å². The van der Waals surface area contributed by atoms with Crippen LogP contribution in [0.4, 0.5) is 4.79 Å². The molecule has 2 aromatic rings. The number of carbonyl (C=O) groups excluding carboxylic acids is 5. The largest absolute Gasteiger partial charge is 0.605 e. The van der Waals surface area contributed by atoms with E-state index in [1.807, 2.05) is 12.2 Å². The minimum Gasteiger partial charge on any atom is -0.488 e. The van der Waals surface area contributed by atoms with Crippen molar-refractivity contribution in [1.29, 1.82) is 0 Å². The van der Waals surface area contributed by atoms with E-state index in [9.17, 15) is 37.5 Å². The molecule has 1 aromatic carbocycles. The van der Waals surface area contributed by atoms with Gasteiger partial charge in [-0.25, -0.2) is 23.0 Å². The third-order valence-electron chi connectivity index (χ3n) is 10.3. The number of aromatic carboxylic acids is 1. The number of carboxylic acid groups (broad SMARTS) is 1. The first-order valence-corrected chi connectivity index (χ1v) is 19.5. The number of nitrogens with zero attached hydrogens (tertiary/aromatic N) is 2. The van der Waals surface area contributed by atoms with Crippen LogP contribution in [-0.2, 0) is 33.4 Å². The molecule has 16 heteroatoms. The first kappa shape index (κ1) is 36.9. The highest BCUT2D eigenvalue weighted by molar-refractivity contribution is 7.91. The summed E-state index contributed by atoms with van der Waals surface area (Å²) in [6, 6.07) is 3.29. The molecule has 2 aliphatic carbocycles. The molecule has 0 radical (unpaired) electrons. The number of hydrogen-bond acceptors (Lipinski definition) is 10. The zero-order valence-corrected chi connectivity index (χ0v) is 29.7. The lowest BCUT2D eigenvalue weighted by molar-refractivity contribution is -0.372. The Balaban J connectivity index is 1.34. The Bertz CT molecular complexity index is 1930. The molecular weight excluding hydrogens is 696 g/mol. The van der Waals surface area contributed by atoms with Crippen LogP contribution in [0.2, 0.25) is 0 Å². The van der Waals surface area contributed by atoms with E-state index in [-0.39, 0.29) is 59.4 Å². The average Bonchev–Trinajstić information content (AvgIpc) is 3.38. The molecule has 52 heavy (non-hydrogen) atoms. The minimum absolute atomic E-state index is 0.00665. The van der Waals surface area contributed by atoms with Crippen LogP contribution in [-0.4, -0.2) is 103 Å². The Morgan fingerprint density at radius 3 is 2.56 bits per heavy atom. The maximum Gasteiger partial charge on any atom is 0.605 e. The number of nitrogens with one attached hydrogen (secondary N) is 2. The monoisotopic (exact) mass is 739 g/mol. The van der Waals surface area contributed by atoms with E-state index in [0.717, 1.165) is 51.2 Å². The van der Waals surface area contributed by atoms with E-state index in [1.165, 1.54) is 29.2 Å². The normalized spacial score (nSPS) is 27.7. The van der Waals surface area contributed by atoms with Gasteiger partial charge in [0.1, 0.15) is 30.0 Å². The fourth-order valence-electron chi connectivity index (χ4n) is 7.47. The molecule has 3 N–H and O–H groups in total. The average molecular weight is 740 g/mol. The molecule has 3 fully saturated rings. The molecule has 1 saturated heterocycles. The highest BCUT2D eigenvalue weighted by Crippen LogP contribution is 2.46. The summed E-state index contributed by atoms with van der Waals surface area (Å²) in [5.74, 6) is -3.67. The number of benzene rings is 1. The van der Waals surface area contributed by atoms with E-state index in [4.69, 9.17) is 13.9 Å². The van der Waals surface area contributed by atoms with Gasteiger partial charge < -0.3 is 30.1 Å². The van der Waals surface area contributed by atoms with E-state index in [0.29, 0.717) is 6.42 Å². The standard InChI is InChI=1S/C36H42N4O11S/c1-49-34(45)36-19-21(36)11-6-4-3-5-7-15-25(38-35(46)51-22-12-8-9-13-22)32(42)40-20-23(17-27(40)31(41)39-36)50-28-18-26(33(43)44)37-30-24(28)14-10-16-29(30)52(2,47)48/h6,10-11,14,16,18,21-23,25,27H,1,3-5,7-9,12-13,15,17,19-20H2,2H3,(H2-,38,39,41,43,44,46)/p+1/b11-6-/t21?,23-,25+,27+,36-/m1/s1. The van der Waals surface area contributed by atoms with Crippen molar-refractivity contribution in [2.24, 2.45) is 5.92 Å². The molecule has 6 rings (SSSR count). The van der Waals surface area contributed by atoms with Gasteiger partial charge in [0.15, 0.2) is 22.3 Å². The van der Waals surface area contributed by atoms with Crippen LogP contribution in [0.1, 0.15) is 81.1 Å². The lowest BCUT2D eigenvalue weighted by Crippen LogP contribution is -2.56. The van der Waals surface area contributed by atoms with Crippen LogP contribution in [0.15, 0.2) is 41.3 Å². The van der Waals surface area contributed by atoms with Crippen molar-refractivity contribution in [2.75, 3.05) is 12.8 Å². The second-order valence-electron chi connectivity index (χ2n) is 14.0. The van der Waals surface area contributed by atoms with Crippen LogP contribution < -0.4 is 15.4 Å². The number of allylic oxidation sites excluding steroid dienone is 1. The summed E-state index contributed by atoms with van der Waals surface area (Å²) in [6.07, 6.45) is 9.70. The topological polar surface area (TPSA) is 210 Å². The molecule has 0 spiro atoms. The van der Waals surface area contributed by atoms with Crippen molar-refractivity contribution >= 4 is 57.4 Å². The molecule has 5 atom stereocenters. The minimum atomic E-state index is -3.83. The molecular formula is C36H43N4O11S+. The van der Waals surface area contributed by atoms with Gasteiger partial charge in [-0.1, -0.05) is 31.1 Å². The summed E-state index contributed by atoms with van der Waals surface area (Å²) in [6.45, 7) is 3.11. The van der Waals surface area contributed by atoms with Crippen molar-refractivity contribution < 1.29 is 51.4 Å². The molecule has 15 nitrogen and oxygen atoms in total. The Morgan fingerprint density at radius 2 is 1.85 bits per heavy atom. The number of pyridine rings is 1. The highest BCUT2D eigenvalue weighted by Gasteiger charge is 2.68. The summed E-state index contributed by atoms with van der Waals surface area (Å²) in [5, 5.41) is 15.6. The number of aromatic nitrogens is 1. The van der Waals surface area contributed by atoms with Crippen LogP contribution in [0.5, 0.6) is 5.75 Å². The Kier molecular flexibility index (Phi) is 10.7. The molecule has 3 amide bonds.